The molecule has 0 aliphatic rings. The van der Waals surface area contributed by atoms with Crippen molar-refractivity contribution in [1.29, 1.82) is 0 Å². The molecule has 0 N–H and O–H groups in total. The van der Waals surface area contributed by atoms with Crippen LogP contribution in [0, 0.1) is 0 Å². The maximum atomic E-state index is 4.49. The van der Waals surface area contributed by atoms with Gasteiger partial charge in [0, 0.05) is 0 Å². The molecule has 0 atom stereocenters. The van der Waals surface area contributed by atoms with Crippen molar-refractivity contribution >= 4 is 20.7 Å². The summed E-state index contributed by atoms with van der Waals surface area (Å²) in [5.41, 5.74) is 2.24. The number of rotatable bonds is 2. The Morgan fingerprint density at radius 1 is 0.947 bits per heavy atom. The summed E-state index contributed by atoms with van der Waals surface area (Å²) in [5.74, 6) is 1.06. The Balaban J connectivity index is 2.26. The molecule has 0 aliphatic carbocycles. The average Bonchev–Trinajstić information content (AvgIpc) is 2.75. The Bertz CT molecular complexity index is 630. The summed E-state index contributed by atoms with van der Waals surface area (Å²) in [5, 5.41) is 4.49. The molecular formula is C15H13N3Se. The SMILES string of the molecule is Cn1nc([Se-])[n+](-c2ccccc2)c1-c1ccccc1. The van der Waals surface area contributed by atoms with Gasteiger partial charge in [-0.1, -0.05) is 0 Å². The van der Waals surface area contributed by atoms with Crippen LogP contribution in [0.15, 0.2) is 60.7 Å². The van der Waals surface area contributed by atoms with Crippen LogP contribution in [-0.2, 0) is 7.05 Å². The molecule has 3 nitrogen and oxygen atoms in total. The van der Waals surface area contributed by atoms with Crippen LogP contribution in [0.2, 0.25) is 0 Å². The third-order valence-electron chi connectivity index (χ3n) is 2.99. The molecule has 3 aromatic rings. The number of nitrogens with zero attached hydrogens (tertiary/aromatic N) is 3. The van der Waals surface area contributed by atoms with Gasteiger partial charge in [-0.15, -0.1) is 0 Å². The molecule has 0 saturated carbocycles. The minimum atomic E-state index is 0.854. The van der Waals surface area contributed by atoms with Crippen LogP contribution < -0.4 is 9.29 Å². The summed E-state index contributed by atoms with van der Waals surface area (Å²) in [7, 11) is 1.96. The van der Waals surface area contributed by atoms with E-state index in [0.29, 0.717) is 0 Å². The molecule has 4 heteroatoms. The number of benzene rings is 2. The first-order valence-corrected chi connectivity index (χ1v) is 6.90. The van der Waals surface area contributed by atoms with Crippen molar-refractivity contribution in [2.45, 2.75) is 0 Å². The zero-order valence-electron chi connectivity index (χ0n) is 10.5. The molecule has 1 heterocycles. The zero-order chi connectivity index (χ0) is 13.2. The van der Waals surface area contributed by atoms with E-state index in [1.54, 1.807) is 0 Å². The molecule has 94 valence electrons. The summed E-state index contributed by atoms with van der Waals surface area (Å²) in [6.07, 6.45) is 0. The number of hydrogen-bond donors (Lipinski definition) is 0. The van der Waals surface area contributed by atoms with Crippen LogP contribution in [0.25, 0.3) is 17.1 Å². The molecule has 3 rings (SSSR count). The first-order chi connectivity index (χ1) is 9.27. The van der Waals surface area contributed by atoms with Crippen molar-refractivity contribution in [1.82, 2.24) is 9.78 Å². The van der Waals surface area contributed by atoms with Gasteiger partial charge >= 0.3 is 120 Å². The Kier molecular flexibility index (Phi) is 3.20. The van der Waals surface area contributed by atoms with Gasteiger partial charge < -0.3 is 0 Å². The van der Waals surface area contributed by atoms with Crippen molar-refractivity contribution in [3.63, 3.8) is 0 Å². The van der Waals surface area contributed by atoms with E-state index in [1.165, 1.54) is 0 Å². The van der Waals surface area contributed by atoms with Crippen molar-refractivity contribution in [3.05, 3.63) is 60.7 Å². The normalized spacial score (nSPS) is 10.6. The Morgan fingerprint density at radius 2 is 1.53 bits per heavy atom. The van der Waals surface area contributed by atoms with Crippen LogP contribution in [0.1, 0.15) is 0 Å². The van der Waals surface area contributed by atoms with Crippen LogP contribution in [0.4, 0.5) is 0 Å². The monoisotopic (exact) mass is 315 g/mol. The van der Waals surface area contributed by atoms with Crippen LogP contribution in [0.3, 0.4) is 0 Å². The molecule has 0 aliphatic heterocycles. The standard InChI is InChI=1S/C15H13N3Se/c1-17-14(12-8-4-2-5-9-12)18(15(19)16-17)13-10-6-3-7-11-13/h2-11H,1H3. The van der Waals surface area contributed by atoms with E-state index < -0.39 is 0 Å². The molecule has 0 spiro atoms. The van der Waals surface area contributed by atoms with E-state index in [0.717, 1.165) is 21.8 Å². The Hall–Kier alpha value is -1.90. The molecule has 0 unspecified atom stereocenters. The van der Waals surface area contributed by atoms with E-state index in [1.807, 2.05) is 48.1 Å². The van der Waals surface area contributed by atoms with E-state index >= 15 is 0 Å². The van der Waals surface area contributed by atoms with Gasteiger partial charge in [-0.05, 0) is 0 Å². The predicted octanol–water partition coefficient (Wildman–Crippen LogP) is 1.16. The fourth-order valence-electron chi connectivity index (χ4n) is 2.17. The van der Waals surface area contributed by atoms with E-state index in [9.17, 15) is 0 Å². The minimum absolute atomic E-state index is 0.854. The fourth-order valence-corrected chi connectivity index (χ4v) is 2.83. The summed E-state index contributed by atoms with van der Waals surface area (Å²) < 4.78 is 4.87. The Morgan fingerprint density at radius 3 is 2.16 bits per heavy atom. The predicted molar refractivity (Wildman–Crippen MR) is 75.6 cm³/mol. The van der Waals surface area contributed by atoms with Gasteiger partial charge in [-0.2, -0.15) is 0 Å². The summed E-state index contributed by atoms with van der Waals surface area (Å²) in [6.45, 7) is 0. The zero-order valence-corrected chi connectivity index (χ0v) is 12.2. The van der Waals surface area contributed by atoms with Gasteiger partial charge in [-0.3, -0.25) is 0 Å². The van der Waals surface area contributed by atoms with Crippen molar-refractivity contribution in [2.75, 3.05) is 0 Å². The van der Waals surface area contributed by atoms with Gasteiger partial charge in [0.2, 0.25) is 0 Å². The van der Waals surface area contributed by atoms with Gasteiger partial charge in [-0.25, -0.2) is 0 Å². The molecule has 0 amide bonds. The fraction of sp³-hybridized carbons (Fsp3) is 0.0667. The van der Waals surface area contributed by atoms with Crippen molar-refractivity contribution < 1.29 is 4.57 Å². The second kappa shape index (κ2) is 5.00. The first kappa shape index (κ1) is 12.1. The van der Waals surface area contributed by atoms with Crippen molar-refractivity contribution in [2.24, 2.45) is 7.05 Å². The third kappa shape index (κ3) is 2.20. The van der Waals surface area contributed by atoms with E-state index in [2.05, 4.69) is 49.9 Å². The Labute approximate surface area is 120 Å². The quantitative estimate of drug-likeness (QED) is 0.514. The second-order valence-corrected chi connectivity index (χ2v) is 5.03. The second-order valence-electron chi connectivity index (χ2n) is 4.27. The summed E-state index contributed by atoms with van der Waals surface area (Å²) >= 11 is 3.03. The number of para-hydroxylation sites is 1. The van der Waals surface area contributed by atoms with Gasteiger partial charge in [0.1, 0.15) is 0 Å². The maximum absolute atomic E-state index is 4.49. The van der Waals surface area contributed by atoms with Crippen LogP contribution in [-0.4, -0.2) is 25.8 Å². The first-order valence-electron chi connectivity index (χ1n) is 6.04. The van der Waals surface area contributed by atoms with E-state index in [4.69, 9.17) is 0 Å². The summed E-state index contributed by atoms with van der Waals surface area (Å²) in [4.78, 5) is 0. The number of aryl methyl sites for hydroxylation is 1. The van der Waals surface area contributed by atoms with Crippen molar-refractivity contribution in [3.8, 4) is 17.1 Å². The van der Waals surface area contributed by atoms with Gasteiger partial charge in [0.05, 0.1) is 0 Å². The van der Waals surface area contributed by atoms with Crippen LogP contribution in [0.5, 0.6) is 0 Å². The molecule has 2 aromatic carbocycles. The van der Waals surface area contributed by atoms with E-state index in [-0.39, 0.29) is 0 Å². The molecule has 19 heavy (non-hydrogen) atoms. The third-order valence-corrected chi connectivity index (χ3v) is 3.55. The molecular weight excluding hydrogens is 301 g/mol. The average molecular weight is 314 g/mol. The van der Waals surface area contributed by atoms with Gasteiger partial charge in [0.15, 0.2) is 0 Å². The molecule has 1 aromatic heterocycles. The molecule has 0 bridgehead atoms. The number of hydrogen-bond acceptors (Lipinski definition) is 1. The topological polar surface area (TPSA) is 21.7 Å². The van der Waals surface area contributed by atoms with Gasteiger partial charge in [0.25, 0.3) is 0 Å². The van der Waals surface area contributed by atoms with Crippen LogP contribution >= 0.6 is 0 Å². The molecule has 0 saturated heterocycles. The summed E-state index contributed by atoms with van der Waals surface area (Å²) in [6, 6.07) is 20.5. The molecule has 0 radical (unpaired) electrons. The molecule has 0 fully saturated rings. The number of aromatic nitrogens is 3.